The lowest BCUT2D eigenvalue weighted by atomic mass is 9.93. The first-order valence-electron chi connectivity index (χ1n) is 10.5. The highest BCUT2D eigenvalue weighted by molar-refractivity contribution is 6.10. The Kier molecular flexibility index (Phi) is 4.44. The van der Waals surface area contributed by atoms with Crippen LogP contribution in [0.2, 0.25) is 0 Å². The maximum absolute atomic E-state index is 2.40. The molecule has 0 atom stereocenters. The molecule has 0 amide bonds. The Morgan fingerprint density at radius 3 is 2.21 bits per heavy atom. The van der Waals surface area contributed by atoms with Gasteiger partial charge in [0.25, 0.3) is 0 Å². The van der Waals surface area contributed by atoms with E-state index in [-0.39, 0.29) is 0 Å². The van der Waals surface area contributed by atoms with Gasteiger partial charge in [-0.3, -0.25) is 0 Å². The number of benzene rings is 4. The fourth-order valence-corrected chi connectivity index (χ4v) is 4.54. The summed E-state index contributed by atoms with van der Waals surface area (Å²) in [6.45, 7) is 4.49. The van der Waals surface area contributed by atoms with Gasteiger partial charge in [-0.2, -0.15) is 0 Å². The van der Waals surface area contributed by atoms with Crippen molar-refractivity contribution < 1.29 is 0 Å². The molecule has 5 rings (SSSR count). The summed E-state index contributed by atoms with van der Waals surface area (Å²) in [6, 6.07) is 33.0. The number of hydrogen-bond donors (Lipinski definition) is 0. The van der Waals surface area contributed by atoms with E-state index in [1.165, 1.54) is 49.7 Å². The second-order valence-electron chi connectivity index (χ2n) is 7.78. The molecule has 5 aromatic rings. The molecule has 0 saturated carbocycles. The predicted octanol–water partition coefficient (Wildman–Crippen LogP) is 7.71. The molecule has 0 N–H and O–H groups in total. The quantitative estimate of drug-likeness (QED) is 0.303. The molecule has 0 aliphatic rings. The predicted molar refractivity (Wildman–Crippen MR) is 125 cm³/mol. The van der Waals surface area contributed by atoms with Gasteiger partial charge in [-0.1, -0.05) is 74.0 Å². The minimum absolute atomic E-state index is 1.11. The highest BCUT2D eigenvalue weighted by Gasteiger charge is 2.15. The first-order chi connectivity index (χ1) is 14.3. The maximum atomic E-state index is 2.40. The van der Waals surface area contributed by atoms with Gasteiger partial charge in [0.2, 0.25) is 0 Å². The van der Waals surface area contributed by atoms with E-state index in [2.05, 4.69) is 109 Å². The Labute approximate surface area is 172 Å². The molecule has 1 aromatic heterocycles. The van der Waals surface area contributed by atoms with Crippen molar-refractivity contribution in [1.29, 1.82) is 0 Å². The lowest BCUT2D eigenvalue weighted by molar-refractivity contribution is 0.923. The van der Waals surface area contributed by atoms with Gasteiger partial charge in [0.1, 0.15) is 0 Å². The number of aromatic nitrogens is 1. The molecule has 4 aromatic carbocycles. The van der Waals surface area contributed by atoms with Crippen molar-refractivity contribution >= 4 is 21.8 Å². The average molecular weight is 376 g/mol. The Hall–Kier alpha value is -3.32. The molecule has 0 aliphatic heterocycles. The van der Waals surface area contributed by atoms with Gasteiger partial charge < -0.3 is 4.57 Å². The van der Waals surface area contributed by atoms with Crippen LogP contribution >= 0.6 is 0 Å². The third kappa shape index (κ3) is 2.94. The number of rotatable bonds is 4. The monoisotopic (exact) mass is 375 g/mol. The van der Waals surface area contributed by atoms with Crippen LogP contribution in [0.3, 0.4) is 0 Å². The van der Waals surface area contributed by atoms with Crippen LogP contribution in [-0.4, -0.2) is 4.57 Å². The largest absolute Gasteiger partial charge is 0.309 e. The zero-order chi connectivity index (χ0) is 19.8. The number of fused-ring (bicyclic) bond motifs is 3. The van der Waals surface area contributed by atoms with Crippen molar-refractivity contribution in [2.45, 2.75) is 26.7 Å². The maximum Gasteiger partial charge on any atom is 0.0547 e. The summed E-state index contributed by atoms with van der Waals surface area (Å²) in [7, 11) is 0. The van der Waals surface area contributed by atoms with Crippen LogP contribution in [0.5, 0.6) is 0 Å². The van der Waals surface area contributed by atoms with Crippen LogP contribution in [-0.2, 0) is 6.42 Å². The highest BCUT2D eigenvalue weighted by atomic mass is 15.0. The van der Waals surface area contributed by atoms with Crippen LogP contribution in [0.1, 0.15) is 24.5 Å². The van der Waals surface area contributed by atoms with Gasteiger partial charge >= 0.3 is 0 Å². The van der Waals surface area contributed by atoms with Gasteiger partial charge in [-0.05, 0) is 65.9 Å². The Morgan fingerprint density at radius 1 is 0.655 bits per heavy atom. The molecule has 0 saturated heterocycles. The molecular weight excluding hydrogens is 350 g/mol. The van der Waals surface area contributed by atoms with Gasteiger partial charge in [0, 0.05) is 16.5 Å². The van der Waals surface area contributed by atoms with Gasteiger partial charge in [-0.25, -0.2) is 0 Å². The molecule has 1 heterocycles. The molecule has 1 nitrogen and oxygen atoms in total. The van der Waals surface area contributed by atoms with Crippen LogP contribution in [0.4, 0.5) is 0 Å². The topological polar surface area (TPSA) is 4.93 Å². The third-order valence-corrected chi connectivity index (χ3v) is 5.86. The first kappa shape index (κ1) is 17.8. The smallest absolute Gasteiger partial charge is 0.0547 e. The van der Waals surface area contributed by atoms with Crippen LogP contribution < -0.4 is 0 Å². The van der Waals surface area contributed by atoms with E-state index in [1.54, 1.807) is 0 Å². The second-order valence-corrected chi connectivity index (χ2v) is 7.78. The fraction of sp³-hybridized carbons (Fsp3) is 0.143. The molecule has 29 heavy (non-hydrogen) atoms. The lowest BCUT2D eigenvalue weighted by Crippen LogP contribution is -1.95. The summed E-state index contributed by atoms with van der Waals surface area (Å²) >= 11 is 0. The van der Waals surface area contributed by atoms with Crippen molar-refractivity contribution in [1.82, 2.24) is 4.57 Å². The SMILES string of the molecule is CCCc1ccccc1-c1cc2c(cc1C)c1ccccc1n2-c1ccccc1. The first-order valence-corrected chi connectivity index (χ1v) is 10.5. The average Bonchev–Trinajstić information content (AvgIpc) is 3.08. The molecule has 0 unspecified atom stereocenters. The van der Waals surface area contributed by atoms with Crippen molar-refractivity contribution in [3.05, 3.63) is 102 Å². The van der Waals surface area contributed by atoms with E-state index in [0.29, 0.717) is 0 Å². The van der Waals surface area contributed by atoms with E-state index in [0.717, 1.165) is 12.8 Å². The zero-order valence-electron chi connectivity index (χ0n) is 17.0. The summed E-state index contributed by atoms with van der Waals surface area (Å²) in [6.07, 6.45) is 2.26. The molecule has 1 heteroatoms. The summed E-state index contributed by atoms with van der Waals surface area (Å²) in [5, 5.41) is 2.63. The van der Waals surface area contributed by atoms with E-state index >= 15 is 0 Å². The number of nitrogens with zero attached hydrogens (tertiary/aromatic N) is 1. The number of para-hydroxylation sites is 2. The van der Waals surface area contributed by atoms with Crippen LogP contribution in [0.15, 0.2) is 91.0 Å². The van der Waals surface area contributed by atoms with Crippen LogP contribution in [0, 0.1) is 6.92 Å². The van der Waals surface area contributed by atoms with Gasteiger partial charge in [-0.15, -0.1) is 0 Å². The van der Waals surface area contributed by atoms with E-state index in [4.69, 9.17) is 0 Å². The highest BCUT2D eigenvalue weighted by Crippen LogP contribution is 2.37. The molecular formula is C28H25N. The minimum atomic E-state index is 1.11. The van der Waals surface area contributed by atoms with E-state index in [1.807, 2.05) is 0 Å². The Bertz CT molecular complexity index is 1310. The van der Waals surface area contributed by atoms with E-state index < -0.39 is 0 Å². The molecule has 0 aliphatic carbocycles. The summed E-state index contributed by atoms with van der Waals surface area (Å²) < 4.78 is 2.40. The molecule has 0 fully saturated rings. The second kappa shape index (κ2) is 7.25. The molecule has 0 bridgehead atoms. The standard InChI is InChI=1S/C28H25N/c1-3-11-21-12-7-8-15-23(21)25-19-28-26(18-20(25)2)24-16-9-10-17-27(24)29(28)22-13-5-4-6-14-22/h4-10,12-19H,3,11H2,1-2H3. The van der Waals surface area contributed by atoms with Crippen molar-refractivity contribution in [2.24, 2.45) is 0 Å². The van der Waals surface area contributed by atoms with Crippen molar-refractivity contribution in [3.63, 3.8) is 0 Å². The fourth-order valence-electron chi connectivity index (χ4n) is 4.54. The minimum Gasteiger partial charge on any atom is -0.309 e. The van der Waals surface area contributed by atoms with Crippen molar-refractivity contribution in [2.75, 3.05) is 0 Å². The van der Waals surface area contributed by atoms with Gasteiger partial charge in [0.05, 0.1) is 11.0 Å². The normalized spacial score (nSPS) is 11.4. The van der Waals surface area contributed by atoms with Crippen molar-refractivity contribution in [3.8, 4) is 16.8 Å². The Balaban J connectivity index is 1.87. The summed E-state index contributed by atoms with van der Waals surface area (Å²) in [4.78, 5) is 0. The lowest BCUT2D eigenvalue weighted by Gasteiger charge is -2.14. The molecule has 0 spiro atoms. The summed E-state index contributed by atoms with van der Waals surface area (Å²) in [5.41, 5.74) is 9.18. The number of aryl methyl sites for hydroxylation is 2. The summed E-state index contributed by atoms with van der Waals surface area (Å²) in [5.74, 6) is 0. The third-order valence-electron chi connectivity index (χ3n) is 5.86. The zero-order valence-corrected chi connectivity index (χ0v) is 17.0. The Morgan fingerprint density at radius 2 is 1.38 bits per heavy atom. The molecule has 142 valence electrons. The van der Waals surface area contributed by atoms with Crippen LogP contribution in [0.25, 0.3) is 38.6 Å². The van der Waals surface area contributed by atoms with E-state index in [9.17, 15) is 0 Å². The van der Waals surface area contributed by atoms with Gasteiger partial charge in [0.15, 0.2) is 0 Å². The number of hydrogen-bond acceptors (Lipinski definition) is 0. The molecule has 0 radical (unpaired) electrons.